The Balaban J connectivity index is 3.32. The lowest BCUT2D eigenvalue weighted by atomic mass is 9.80. The summed E-state index contributed by atoms with van der Waals surface area (Å²) in [6.07, 6.45) is 0.474. The summed E-state index contributed by atoms with van der Waals surface area (Å²) in [5, 5.41) is 0. The van der Waals surface area contributed by atoms with Crippen LogP contribution in [0.1, 0.15) is 32.8 Å². The van der Waals surface area contributed by atoms with Gasteiger partial charge in [0.2, 0.25) is 0 Å². The Morgan fingerprint density at radius 3 is 2.33 bits per heavy atom. The van der Waals surface area contributed by atoms with Gasteiger partial charge < -0.3 is 9.47 Å². The molecule has 0 N–H and O–H groups in total. The quantitative estimate of drug-likeness (QED) is 0.831. The number of hydrogen-bond donors (Lipinski definition) is 0. The fourth-order valence-corrected chi connectivity index (χ4v) is 2.82. The third-order valence-corrected chi connectivity index (χ3v) is 3.66. The second-order valence-corrected chi connectivity index (χ2v) is 5.72. The van der Waals surface area contributed by atoms with Crippen molar-refractivity contribution in [3.63, 3.8) is 0 Å². The van der Waals surface area contributed by atoms with E-state index in [2.05, 4.69) is 15.9 Å². The molecule has 0 radical (unpaired) electrons. The zero-order valence-electron chi connectivity index (χ0n) is 11.5. The largest absolute Gasteiger partial charge is 0.495 e. The number of ether oxygens (including phenoxy) is 2. The number of ketones is 1. The van der Waals surface area contributed by atoms with Crippen molar-refractivity contribution in [1.29, 1.82) is 0 Å². The van der Waals surface area contributed by atoms with Crippen molar-refractivity contribution in [3.05, 3.63) is 22.2 Å². The smallest absolute Gasteiger partial charge is 0.140 e. The van der Waals surface area contributed by atoms with Crippen molar-refractivity contribution in [1.82, 2.24) is 0 Å². The second kappa shape index (κ2) is 5.74. The predicted molar refractivity (Wildman–Crippen MR) is 75.6 cm³/mol. The third kappa shape index (κ3) is 3.05. The lowest BCUT2D eigenvalue weighted by molar-refractivity contribution is -0.118. The first-order valence-corrected chi connectivity index (χ1v) is 6.53. The van der Waals surface area contributed by atoms with E-state index >= 15 is 0 Å². The zero-order valence-corrected chi connectivity index (χ0v) is 13.1. The van der Waals surface area contributed by atoms with E-state index < -0.39 is 0 Å². The Morgan fingerprint density at radius 2 is 1.89 bits per heavy atom. The molecule has 0 spiro atoms. The summed E-state index contributed by atoms with van der Waals surface area (Å²) in [5.74, 6) is 1.60. The normalized spacial score (nSPS) is 11.2. The van der Waals surface area contributed by atoms with Crippen LogP contribution in [0.5, 0.6) is 11.5 Å². The summed E-state index contributed by atoms with van der Waals surface area (Å²) >= 11 is 3.48. The van der Waals surface area contributed by atoms with Gasteiger partial charge in [-0.25, -0.2) is 0 Å². The van der Waals surface area contributed by atoms with Crippen LogP contribution in [-0.2, 0) is 10.2 Å². The van der Waals surface area contributed by atoms with E-state index in [4.69, 9.17) is 9.47 Å². The summed E-state index contributed by atoms with van der Waals surface area (Å²) in [6, 6.07) is 3.83. The van der Waals surface area contributed by atoms with Gasteiger partial charge in [-0.15, -0.1) is 0 Å². The van der Waals surface area contributed by atoms with Crippen LogP contribution in [0.4, 0.5) is 0 Å². The molecule has 3 nitrogen and oxygen atoms in total. The highest BCUT2D eigenvalue weighted by atomic mass is 79.9. The van der Waals surface area contributed by atoms with E-state index in [0.717, 1.165) is 15.8 Å². The molecule has 0 saturated heterocycles. The Bertz CT molecular complexity index is 453. The maximum atomic E-state index is 11.4. The van der Waals surface area contributed by atoms with Crippen LogP contribution in [0.25, 0.3) is 0 Å². The van der Waals surface area contributed by atoms with Gasteiger partial charge >= 0.3 is 0 Å². The Morgan fingerprint density at radius 1 is 1.28 bits per heavy atom. The van der Waals surface area contributed by atoms with Crippen LogP contribution >= 0.6 is 15.9 Å². The van der Waals surface area contributed by atoms with Gasteiger partial charge in [0.25, 0.3) is 0 Å². The highest BCUT2D eigenvalue weighted by Gasteiger charge is 2.28. The van der Waals surface area contributed by atoms with E-state index in [1.54, 1.807) is 21.1 Å². The molecule has 0 amide bonds. The van der Waals surface area contributed by atoms with Crippen LogP contribution in [0.15, 0.2) is 16.6 Å². The topological polar surface area (TPSA) is 35.5 Å². The average molecular weight is 315 g/mol. The van der Waals surface area contributed by atoms with Crippen molar-refractivity contribution in [2.75, 3.05) is 14.2 Å². The van der Waals surface area contributed by atoms with Crippen molar-refractivity contribution in [2.24, 2.45) is 0 Å². The second-order valence-electron chi connectivity index (χ2n) is 4.93. The fourth-order valence-electron chi connectivity index (χ4n) is 2.15. The molecule has 0 fully saturated rings. The first kappa shape index (κ1) is 15.0. The van der Waals surface area contributed by atoms with Crippen LogP contribution in [0.2, 0.25) is 0 Å². The maximum absolute atomic E-state index is 11.4. The molecule has 1 aromatic rings. The highest BCUT2D eigenvalue weighted by molar-refractivity contribution is 9.10. The van der Waals surface area contributed by atoms with Crippen molar-refractivity contribution >= 4 is 21.7 Å². The molecule has 18 heavy (non-hydrogen) atoms. The maximum Gasteiger partial charge on any atom is 0.140 e. The molecule has 0 aliphatic rings. The molecule has 1 aromatic carbocycles. The third-order valence-electron chi connectivity index (χ3n) is 2.91. The first-order chi connectivity index (χ1) is 8.33. The number of benzene rings is 1. The molecule has 0 unspecified atom stereocenters. The monoisotopic (exact) mass is 314 g/mol. The van der Waals surface area contributed by atoms with Gasteiger partial charge in [-0.3, -0.25) is 4.79 Å². The minimum Gasteiger partial charge on any atom is -0.495 e. The molecule has 0 aliphatic carbocycles. The summed E-state index contributed by atoms with van der Waals surface area (Å²) in [4.78, 5) is 11.4. The summed E-state index contributed by atoms with van der Waals surface area (Å²) in [5.41, 5.74) is 0.722. The van der Waals surface area contributed by atoms with Gasteiger partial charge in [0.15, 0.2) is 0 Å². The van der Waals surface area contributed by atoms with Crippen LogP contribution in [0, 0.1) is 0 Å². The van der Waals surface area contributed by atoms with E-state index in [1.165, 1.54) is 0 Å². The summed E-state index contributed by atoms with van der Waals surface area (Å²) < 4.78 is 11.5. The van der Waals surface area contributed by atoms with Crippen LogP contribution < -0.4 is 9.47 Å². The molecule has 0 aliphatic heterocycles. The molecule has 0 atom stereocenters. The van der Waals surface area contributed by atoms with Crippen LogP contribution in [0.3, 0.4) is 0 Å². The molecule has 4 heteroatoms. The van der Waals surface area contributed by atoms with E-state index in [1.807, 2.05) is 26.0 Å². The molecular weight excluding hydrogens is 296 g/mol. The van der Waals surface area contributed by atoms with Gasteiger partial charge in [0.1, 0.15) is 21.8 Å². The lowest BCUT2D eigenvalue weighted by Crippen LogP contribution is -2.21. The van der Waals surface area contributed by atoms with Gasteiger partial charge in [-0.1, -0.05) is 19.9 Å². The van der Waals surface area contributed by atoms with E-state index in [9.17, 15) is 4.79 Å². The molecule has 0 saturated carbocycles. The lowest BCUT2D eigenvalue weighted by Gasteiger charge is -2.27. The average Bonchev–Trinajstić information content (AvgIpc) is 2.26. The van der Waals surface area contributed by atoms with Gasteiger partial charge in [0, 0.05) is 17.4 Å². The fraction of sp³-hybridized carbons (Fsp3) is 0.500. The van der Waals surface area contributed by atoms with Gasteiger partial charge in [-0.2, -0.15) is 0 Å². The van der Waals surface area contributed by atoms with Gasteiger partial charge in [0.05, 0.1) is 14.2 Å². The number of Topliss-reactive ketones (excluding diaryl/α,β-unsaturated/α-hetero) is 1. The number of hydrogen-bond acceptors (Lipinski definition) is 3. The summed E-state index contributed by atoms with van der Waals surface area (Å²) in [6.45, 7) is 5.67. The van der Waals surface area contributed by atoms with Gasteiger partial charge in [-0.05, 0) is 28.9 Å². The van der Waals surface area contributed by atoms with Crippen molar-refractivity contribution < 1.29 is 14.3 Å². The number of carbonyl (C=O) groups is 1. The Labute approximate surface area is 117 Å². The molecule has 0 heterocycles. The standard InChI is InChI=1S/C14H19BrO3/c1-9(16)8-14(2,3)10-6-7-11(17-4)12(15)13(10)18-5/h6-7H,8H2,1-5H3. The van der Waals surface area contributed by atoms with Crippen molar-refractivity contribution in [3.8, 4) is 11.5 Å². The minimum absolute atomic E-state index is 0.161. The molecule has 100 valence electrons. The van der Waals surface area contributed by atoms with Crippen LogP contribution in [-0.4, -0.2) is 20.0 Å². The first-order valence-electron chi connectivity index (χ1n) is 5.74. The number of rotatable bonds is 5. The number of halogens is 1. The number of methoxy groups -OCH3 is 2. The SMILES string of the molecule is COc1ccc(C(C)(C)CC(C)=O)c(OC)c1Br. The Kier molecular flexibility index (Phi) is 4.79. The minimum atomic E-state index is -0.272. The predicted octanol–water partition coefficient (Wildman–Crippen LogP) is 3.72. The highest BCUT2D eigenvalue weighted by Crippen LogP contribution is 2.43. The summed E-state index contributed by atoms with van der Waals surface area (Å²) in [7, 11) is 3.23. The van der Waals surface area contributed by atoms with E-state index in [-0.39, 0.29) is 11.2 Å². The molecule has 0 aromatic heterocycles. The zero-order chi connectivity index (χ0) is 13.9. The van der Waals surface area contributed by atoms with Crippen molar-refractivity contribution in [2.45, 2.75) is 32.6 Å². The molecule has 0 bridgehead atoms. The molecule has 1 rings (SSSR count). The molecular formula is C14H19BrO3. The van der Waals surface area contributed by atoms with E-state index in [0.29, 0.717) is 12.2 Å². The Hall–Kier alpha value is -1.03. The number of carbonyl (C=O) groups excluding carboxylic acids is 1.